The highest BCUT2D eigenvalue weighted by Gasteiger charge is 2.36. The SMILES string of the molecule is CC1(NCC(=O)N2CCCC3CCCCC32)CCNC1. The minimum atomic E-state index is 0.109. The molecule has 0 radical (unpaired) electrons. The molecular weight excluding hydrogens is 250 g/mol. The van der Waals surface area contributed by atoms with E-state index in [-0.39, 0.29) is 5.54 Å². The lowest BCUT2D eigenvalue weighted by Crippen LogP contribution is -2.54. The molecule has 2 heterocycles. The van der Waals surface area contributed by atoms with Crippen LogP contribution in [0.1, 0.15) is 51.9 Å². The van der Waals surface area contributed by atoms with Crippen LogP contribution in [0.5, 0.6) is 0 Å². The van der Waals surface area contributed by atoms with Crippen LogP contribution in [-0.4, -0.2) is 48.6 Å². The van der Waals surface area contributed by atoms with Crippen LogP contribution in [0.2, 0.25) is 0 Å². The van der Waals surface area contributed by atoms with Gasteiger partial charge in [0.2, 0.25) is 5.91 Å². The predicted octanol–water partition coefficient (Wildman–Crippen LogP) is 1.51. The number of fused-ring (bicyclic) bond motifs is 1. The molecule has 0 spiro atoms. The minimum absolute atomic E-state index is 0.109. The van der Waals surface area contributed by atoms with Crippen LogP contribution in [-0.2, 0) is 4.79 Å². The van der Waals surface area contributed by atoms with Gasteiger partial charge in [-0.3, -0.25) is 4.79 Å². The molecule has 4 heteroatoms. The third-order valence-corrected chi connectivity index (χ3v) is 5.60. The number of hydrogen-bond acceptors (Lipinski definition) is 3. The molecule has 2 aliphatic heterocycles. The Hall–Kier alpha value is -0.610. The zero-order chi connectivity index (χ0) is 14.0. The van der Waals surface area contributed by atoms with Gasteiger partial charge in [-0.2, -0.15) is 0 Å². The van der Waals surface area contributed by atoms with Crippen molar-refractivity contribution >= 4 is 5.91 Å². The molecule has 0 bridgehead atoms. The fourth-order valence-electron chi connectivity index (χ4n) is 4.29. The molecule has 3 rings (SSSR count). The van der Waals surface area contributed by atoms with E-state index in [4.69, 9.17) is 0 Å². The summed E-state index contributed by atoms with van der Waals surface area (Å²) in [5.74, 6) is 1.11. The summed E-state index contributed by atoms with van der Waals surface area (Å²) in [5.41, 5.74) is 0.109. The van der Waals surface area contributed by atoms with Gasteiger partial charge in [-0.1, -0.05) is 12.8 Å². The van der Waals surface area contributed by atoms with E-state index in [2.05, 4.69) is 22.5 Å². The largest absolute Gasteiger partial charge is 0.338 e. The molecule has 0 aromatic rings. The molecule has 0 aromatic heterocycles. The molecule has 3 atom stereocenters. The maximum Gasteiger partial charge on any atom is 0.236 e. The average molecular weight is 279 g/mol. The molecule has 114 valence electrons. The predicted molar refractivity (Wildman–Crippen MR) is 80.6 cm³/mol. The Balaban J connectivity index is 1.55. The first-order valence-electron chi connectivity index (χ1n) is 8.43. The first-order chi connectivity index (χ1) is 9.68. The first kappa shape index (κ1) is 14.3. The summed E-state index contributed by atoms with van der Waals surface area (Å²) >= 11 is 0. The van der Waals surface area contributed by atoms with Gasteiger partial charge in [0.25, 0.3) is 0 Å². The van der Waals surface area contributed by atoms with E-state index in [1.807, 2.05) is 0 Å². The number of likely N-dealkylation sites (tertiary alicyclic amines) is 1. The van der Waals surface area contributed by atoms with Crippen LogP contribution >= 0.6 is 0 Å². The third-order valence-electron chi connectivity index (χ3n) is 5.60. The molecule has 4 nitrogen and oxygen atoms in total. The fourth-order valence-corrected chi connectivity index (χ4v) is 4.29. The van der Waals surface area contributed by atoms with Gasteiger partial charge in [0.05, 0.1) is 6.54 Å². The fraction of sp³-hybridized carbons (Fsp3) is 0.938. The van der Waals surface area contributed by atoms with Gasteiger partial charge in [-0.05, 0) is 51.5 Å². The van der Waals surface area contributed by atoms with E-state index in [0.717, 1.165) is 32.0 Å². The summed E-state index contributed by atoms with van der Waals surface area (Å²) < 4.78 is 0. The molecule has 3 unspecified atom stereocenters. The summed E-state index contributed by atoms with van der Waals surface area (Å²) in [6, 6.07) is 0.543. The second-order valence-corrected chi connectivity index (χ2v) is 7.18. The molecule has 1 aliphatic carbocycles. The quantitative estimate of drug-likeness (QED) is 0.823. The van der Waals surface area contributed by atoms with Crippen molar-refractivity contribution in [2.75, 3.05) is 26.2 Å². The lowest BCUT2D eigenvalue weighted by atomic mass is 9.78. The number of carbonyl (C=O) groups excluding carboxylic acids is 1. The third kappa shape index (κ3) is 3.01. The molecule has 20 heavy (non-hydrogen) atoms. The van der Waals surface area contributed by atoms with Gasteiger partial charge in [-0.25, -0.2) is 0 Å². The highest BCUT2D eigenvalue weighted by molar-refractivity contribution is 5.78. The topological polar surface area (TPSA) is 44.4 Å². The van der Waals surface area contributed by atoms with E-state index in [1.54, 1.807) is 0 Å². The number of rotatable bonds is 3. The molecule has 2 saturated heterocycles. The maximum atomic E-state index is 12.6. The first-order valence-corrected chi connectivity index (χ1v) is 8.43. The maximum absolute atomic E-state index is 12.6. The second-order valence-electron chi connectivity index (χ2n) is 7.18. The van der Waals surface area contributed by atoms with Crippen LogP contribution in [0.25, 0.3) is 0 Å². The Morgan fingerprint density at radius 3 is 2.90 bits per heavy atom. The van der Waals surface area contributed by atoms with E-state index >= 15 is 0 Å². The molecule has 1 saturated carbocycles. The summed E-state index contributed by atoms with van der Waals surface area (Å²) in [6.07, 6.45) is 8.89. The van der Waals surface area contributed by atoms with Crippen molar-refractivity contribution in [3.8, 4) is 0 Å². The van der Waals surface area contributed by atoms with Crippen LogP contribution in [0.4, 0.5) is 0 Å². The normalized spacial score (nSPS) is 37.8. The summed E-state index contributed by atoms with van der Waals surface area (Å²) in [4.78, 5) is 14.8. The Kier molecular flexibility index (Phi) is 4.32. The second kappa shape index (κ2) is 6.02. The lowest BCUT2D eigenvalue weighted by molar-refractivity contribution is -0.136. The van der Waals surface area contributed by atoms with Crippen molar-refractivity contribution in [2.45, 2.75) is 63.5 Å². The van der Waals surface area contributed by atoms with Crippen molar-refractivity contribution in [1.82, 2.24) is 15.5 Å². The summed E-state index contributed by atoms with van der Waals surface area (Å²) in [6.45, 7) is 5.76. The molecular formula is C16H29N3O. The van der Waals surface area contributed by atoms with Crippen molar-refractivity contribution in [1.29, 1.82) is 0 Å². The monoisotopic (exact) mass is 279 g/mol. The smallest absolute Gasteiger partial charge is 0.236 e. The van der Waals surface area contributed by atoms with Gasteiger partial charge < -0.3 is 15.5 Å². The van der Waals surface area contributed by atoms with Crippen molar-refractivity contribution in [2.24, 2.45) is 5.92 Å². The van der Waals surface area contributed by atoms with Crippen molar-refractivity contribution in [3.63, 3.8) is 0 Å². The Bertz CT molecular complexity index is 350. The number of piperidine rings is 1. The number of nitrogens with one attached hydrogen (secondary N) is 2. The highest BCUT2D eigenvalue weighted by atomic mass is 16.2. The van der Waals surface area contributed by atoms with Crippen molar-refractivity contribution in [3.05, 3.63) is 0 Å². The summed E-state index contributed by atoms with van der Waals surface area (Å²) in [5, 5.41) is 6.87. The molecule has 0 aromatic carbocycles. The molecule has 2 N–H and O–H groups in total. The van der Waals surface area contributed by atoms with Gasteiger partial charge >= 0.3 is 0 Å². The standard InChI is InChI=1S/C16H29N3O/c1-16(8-9-17-12-16)18-11-15(20)19-10-4-6-13-5-2-3-7-14(13)19/h13-14,17-18H,2-12H2,1H3. The molecule has 3 aliphatic rings. The van der Waals surface area contributed by atoms with Crippen LogP contribution in [0.15, 0.2) is 0 Å². The van der Waals surface area contributed by atoms with Crippen LogP contribution in [0, 0.1) is 5.92 Å². The van der Waals surface area contributed by atoms with E-state index in [9.17, 15) is 4.79 Å². The minimum Gasteiger partial charge on any atom is -0.338 e. The summed E-state index contributed by atoms with van der Waals surface area (Å²) in [7, 11) is 0. The Labute approximate surface area is 122 Å². The van der Waals surface area contributed by atoms with Gasteiger partial charge in [0.15, 0.2) is 0 Å². The Morgan fingerprint density at radius 1 is 1.30 bits per heavy atom. The van der Waals surface area contributed by atoms with Gasteiger partial charge in [-0.15, -0.1) is 0 Å². The van der Waals surface area contributed by atoms with E-state index < -0.39 is 0 Å². The average Bonchev–Trinajstić information content (AvgIpc) is 2.91. The highest BCUT2D eigenvalue weighted by Crippen LogP contribution is 2.35. The van der Waals surface area contributed by atoms with Gasteiger partial charge in [0, 0.05) is 24.7 Å². The lowest BCUT2D eigenvalue weighted by Gasteiger charge is -2.44. The zero-order valence-electron chi connectivity index (χ0n) is 12.8. The number of nitrogens with zero attached hydrogens (tertiary/aromatic N) is 1. The number of amides is 1. The van der Waals surface area contributed by atoms with E-state index in [1.165, 1.54) is 38.5 Å². The molecule has 1 amide bonds. The van der Waals surface area contributed by atoms with Crippen LogP contribution < -0.4 is 10.6 Å². The van der Waals surface area contributed by atoms with Crippen molar-refractivity contribution < 1.29 is 4.79 Å². The van der Waals surface area contributed by atoms with Crippen LogP contribution in [0.3, 0.4) is 0 Å². The number of carbonyl (C=O) groups is 1. The molecule has 3 fully saturated rings. The zero-order valence-corrected chi connectivity index (χ0v) is 12.8. The Morgan fingerprint density at radius 2 is 2.10 bits per heavy atom. The van der Waals surface area contributed by atoms with Gasteiger partial charge in [0.1, 0.15) is 0 Å². The number of hydrogen-bond donors (Lipinski definition) is 2. The van der Waals surface area contributed by atoms with E-state index in [0.29, 0.717) is 18.5 Å².